The van der Waals surface area contributed by atoms with Gasteiger partial charge in [0.05, 0.1) is 24.5 Å². The molecule has 0 aliphatic rings. The van der Waals surface area contributed by atoms with Crippen LogP contribution >= 0.6 is 0 Å². The number of likely N-dealkylation sites (N-methyl/N-ethyl adjacent to an activating group) is 2. The lowest BCUT2D eigenvalue weighted by Gasteiger charge is -2.15. The van der Waals surface area contributed by atoms with Crippen molar-refractivity contribution in [2.75, 3.05) is 27.2 Å². The van der Waals surface area contributed by atoms with Crippen molar-refractivity contribution in [3.63, 3.8) is 0 Å². The van der Waals surface area contributed by atoms with Gasteiger partial charge in [0.2, 0.25) is 0 Å². The SMILES string of the molecule is CN(CCN(C)N=Nc1ccccc1)N=Nc1ccccc1. The van der Waals surface area contributed by atoms with Crippen LogP contribution < -0.4 is 0 Å². The van der Waals surface area contributed by atoms with Gasteiger partial charge in [-0.05, 0) is 24.3 Å². The summed E-state index contributed by atoms with van der Waals surface area (Å²) in [6.07, 6.45) is 0. The van der Waals surface area contributed by atoms with E-state index >= 15 is 0 Å². The van der Waals surface area contributed by atoms with Crippen LogP contribution in [0.25, 0.3) is 0 Å². The van der Waals surface area contributed by atoms with Crippen LogP contribution in [-0.2, 0) is 0 Å². The second-order valence-corrected chi connectivity index (χ2v) is 4.81. The first-order valence-corrected chi connectivity index (χ1v) is 7.10. The number of hydrogen-bond donors (Lipinski definition) is 0. The molecule has 0 radical (unpaired) electrons. The van der Waals surface area contributed by atoms with E-state index in [2.05, 4.69) is 20.7 Å². The molecule has 22 heavy (non-hydrogen) atoms. The maximum Gasteiger partial charge on any atom is 0.0874 e. The van der Waals surface area contributed by atoms with Gasteiger partial charge in [-0.3, -0.25) is 10.0 Å². The van der Waals surface area contributed by atoms with E-state index < -0.39 is 0 Å². The molecule has 2 aromatic carbocycles. The minimum Gasteiger partial charge on any atom is -0.280 e. The van der Waals surface area contributed by atoms with Crippen molar-refractivity contribution in [1.29, 1.82) is 0 Å². The van der Waals surface area contributed by atoms with Gasteiger partial charge in [-0.15, -0.1) is 10.2 Å². The Morgan fingerprint density at radius 2 is 1.00 bits per heavy atom. The third-order valence-corrected chi connectivity index (χ3v) is 2.89. The molecule has 0 N–H and O–H groups in total. The highest BCUT2D eigenvalue weighted by Crippen LogP contribution is 2.11. The van der Waals surface area contributed by atoms with Crippen molar-refractivity contribution in [1.82, 2.24) is 10.0 Å². The molecule has 2 aromatic rings. The summed E-state index contributed by atoms with van der Waals surface area (Å²) in [5, 5.41) is 20.2. The number of hydrogen-bond acceptors (Lipinski definition) is 4. The molecule has 0 atom stereocenters. The number of nitrogens with zero attached hydrogens (tertiary/aromatic N) is 6. The first-order chi connectivity index (χ1) is 10.7. The highest BCUT2D eigenvalue weighted by molar-refractivity contribution is 5.35. The van der Waals surface area contributed by atoms with Crippen molar-refractivity contribution in [2.24, 2.45) is 20.7 Å². The molecule has 114 valence electrons. The lowest BCUT2D eigenvalue weighted by atomic mass is 10.3. The Bertz CT molecular complexity index is 541. The summed E-state index contributed by atoms with van der Waals surface area (Å²) in [5.74, 6) is 0. The molecular weight excluding hydrogens is 276 g/mol. The summed E-state index contributed by atoms with van der Waals surface area (Å²) in [6.45, 7) is 1.42. The van der Waals surface area contributed by atoms with E-state index in [9.17, 15) is 0 Å². The third-order valence-electron chi connectivity index (χ3n) is 2.89. The second kappa shape index (κ2) is 8.51. The summed E-state index contributed by atoms with van der Waals surface area (Å²) in [6, 6.07) is 19.3. The van der Waals surface area contributed by atoms with Crippen LogP contribution in [0.2, 0.25) is 0 Å². The topological polar surface area (TPSA) is 55.9 Å². The Hall–Kier alpha value is -2.76. The summed E-state index contributed by atoms with van der Waals surface area (Å²) in [7, 11) is 3.77. The van der Waals surface area contributed by atoms with Gasteiger partial charge in [-0.25, -0.2) is 0 Å². The summed E-state index contributed by atoms with van der Waals surface area (Å²) >= 11 is 0. The van der Waals surface area contributed by atoms with Gasteiger partial charge in [-0.1, -0.05) is 46.8 Å². The summed E-state index contributed by atoms with van der Waals surface area (Å²) < 4.78 is 0. The van der Waals surface area contributed by atoms with E-state index in [0.717, 1.165) is 11.4 Å². The maximum atomic E-state index is 4.16. The molecule has 0 aliphatic heterocycles. The van der Waals surface area contributed by atoms with Gasteiger partial charge >= 0.3 is 0 Å². The van der Waals surface area contributed by atoms with Crippen LogP contribution in [0.4, 0.5) is 11.4 Å². The molecule has 2 rings (SSSR count). The Kier molecular flexibility index (Phi) is 6.04. The standard InChI is InChI=1S/C16H20N6/c1-21(19-17-15-9-5-3-6-10-15)13-14-22(2)20-18-16-11-7-4-8-12-16/h3-12H,13-14H2,1-2H3. The molecular formula is C16H20N6. The monoisotopic (exact) mass is 296 g/mol. The van der Waals surface area contributed by atoms with Gasteiger partial charge < -0.3 is 0 Å². The van der Waals surface area contributed by atoms with Gasteiger partial charge in [0.15, 0.2) is 0 Å². The van der Waals surface area contributed by atoms with Gasteiger partial charge in [0.25, 0.3) is 0 Å². The van der Waals surface area contributed by atoms with Gasteiger partial charge in [0.1, 0.15) is 0 Å². The van der Waals surface area contributed by atoms with E-state index in [1.165, 1.54) is 0 Å². The minimum absolute atomic E-state index is 0.709. The molecule has 0 spiro atoms. The zero-order valence-electron chi connectivity index (χ0n) is 12.9. The zero-order valence-corrected chi connectivity index (χ0v) is 12.9. The van der Waals surface area contributed by atoms with Crippen LogP contribution in [0.3, 0.4) is 0 Å². The molecule has 0 unspecified atom stereocenters. The first kappa shape index (κ1) is 15.6. The quantitative estimate of drug-likeness (QED) is 0.566. The Morgan fingerprint density at radius 3 is 1.36 bits per heavy atom. The van der Waals surface area contributed by atoms with E-state index in [-0.39, 0.29) is 0 Å². The molecule has 0 aliphatic carbocycles. The van der Waals surface area contributed by atoms with Gasteiger partial charge in [0, 0.05) is 14.1 Å². The van der Waals surface area contributed by atoms with Crippen LogP contribution in [-0.4, -0.2) is 37.2 Å². The molecule has 6 heteroatoms. The zero-order chi connectivity index (χ0) is 15.6. The van der Waals surface area contributed by atoms with Crippen molar-refractivity contribution in [2.45, 2.75) is 0 Å². The Balaban J connectivity index is 1.75. The average Bonchev–Trinajstić information content (AvgIpc) is 2.58. The van der Waals surface area contributed by atoms with E-state index in [1.807, 2.05) is 74.8 Å². The number of benzene rings is 2. The Labute approximate surface area is 130 Å². The Morgan fingerprint density at radius 1 is 0.636 bits per heavy atom. The number of rotatable bonds is 7. The van der Waals surface area contributed by atoms with E-state index in [1.54, 1.807) is 10.0 Å². The van der Waals surface area contributed by atoms with Crippen molar-refractivity contribution >= 4 is 11.4 Å². The van der Waals surface area contributed by atoms with Gasteiger partial charge in [-0.2, -0.15) is 0 Å². The molecule has 0 fully saturated rings. The second-order valence-electron chi connectivity index (χ2n) is 4.81. The average molecular weight is 296 g/mol. The summed E-state index contributed by atoms with van der Waals surface area (Å²) in [5.41, 5.74) is 1.68. The first-order valence-electron chi connectivity index (χ1n) is 7.10. The van der Waals surface area contributed by atoms with Crippen LogP contribution in [0, 0.1) is 0 Å². The molecule has 0 saturated carbocycles. The van der Waals surface area contributed by atoms with Crippen molar-refractivity contribution in [3.8, 4) is 0 Å². The predicted octanol–water partition coefficient (Wildman–Crippen LogP) is 4.25. The lowest BCUT2D eigenvalue weighted by Crippen LogP contribution is -2.24. The fraction of sp³-hybridized carbons (Fsp3) is 0.250. The molecule has 0 bridgehead atoms. The summed E-state index contributed by atoms with van der Waals surface area (Å²) in [4.78, 5) is 0. The predicted molar refractivity (Wildman–Crippen MR) is 87.2 cm³/mol. The smallest absolute Gasteiger partial charge is 0.0874 e. The molecule has 0 amide bonds. The fourth-order valence-corrected chi connectivity index (χ4v) is 1.62. The van der Waals surface area contributed by atoms with E-state index in [4.69, 9.17) is 0 Å². The highest BCUT2D eigenvalue weighted by Gasteiger charge is 1.98. The molecule has 0 aromatic heterocycles. The largest absolute Gasteiger partial charge is 0.280 e. The lowest BCUT2D eigenvalue weighted by molar-refractivity contribution is 0.252. The van der Waals surface area contributed by atoms with Crippen LogP contribution in [0.5, 0.6) is 0 Å². The van der Waals surface area contributed by atoms with E-state index in [0.29, 0.717) is 13.1 Å². The molecule has 0 heterocycles. The van der Waals surface area contributed by atoms with Crippen LogP contribution in [0.1, 0.15) is 0 Å². The normalized spacial score (nSPS) is 11.2. The third kappa shape index (κ3) is 5.70. The molecule has 6 nitrogen and oxygen atoms in total. The van der Waals surface area contributed by atoms with Crippen LogP contribution in [0.15, 0.2) is 81.3 Å². The fourth-order valence-electron chi connectivity index (χ4n) is 1.62. The van der Waals surface area contributed by atoms with Crippen molar-refractivity contribution in [3.05, 3.63) is 60.7 Å². The minimum atomic E-state index is 0.709. The maximum absolute atomic E-state index is 4.16. The molecule has 0 saturated heterocycles. The highest BCUT2D eigenvalue weighted by atomic mass is 15.6. The van der Waals surface area contributed by atoms with Crippen molar-refractivity contribution < 1.29 is 0 Å².